The normalized spacial score (nSPS) is 15.3. The number of carbonyl (C=O) groups is 3. The molecule has 0 saturated carbocycles. The molecule has 0 aliphatic carbocycles. The van der Waals surface area contributed by atoms with Gasteiger partial charge in [-0.05, 0) is 12.8 Å². The number of ether oxygens (including phenoxy) is 3. The van der Waals surface area contributed by atoms with Gasteiger partial charge in [0.1, 0.15) is 0 Å². The lowest BCUT2D eigenvalue weighted by molar-refractivity contribution is -0.166. The van der Waals surface area contributed by atoms with Gasteiger partial charge in [-0.25, -0.2) is 4.79 Å². The van der Waals surface area contributed by atoms with Crippen molar-refractivity contribution in [2.24, 2.45) is 0 Å². The summed E-state index contributed by atoms with van der Waals surface area (Å²) in [5, 5.41) is 20.0. The largest absolute Gasteiger partial charge is 0.499 e. The second-order valence-electron chi connectivity index (χ2n) is 13.2. The fraction of sp³-hybridized carbons (Fsp3) is 0.868. The molecule has 0 aromatic heterocycles. The van der Waals surface area contributed by atoms with Crippen LogP contribution in [0.5, 0.6) is 0 Å². The van der Waals surface area contributed by atoms with Gasteiger partial charge in [0.15, 0.2) is 6.10 Å². The summed E-state index contributed by atoms with van der Waals surface area (Å²) in [6, 6.07) is 0. The number of unbranched alkanes of at least 4 members (excludes halogenated alkanes) is 24. The topological polar surface area (TPSA) is 119 Å². The Morgan fingerprint density at radius 3 is 1.33 bits per heavy atom. The number of rotatable bonds is 32. The average Bonchev–Trinajstić information content (AvgIpc) is 3.32. The number of hydrogen-bond acceptors (Lipinski definition) is 8. The molecule has 2 N–H and O–H groups in total. The average molecular weight is 653 g/mol. The van der Waals surface area contributed by atoms with Crippen molar-refractivity contribution >= 4 is 17.9 Å². The Labute approximate surface area is 280 Å². The van der Waals surface area contributed by atoms with Crippen molar-refractivity contribution in [3.8, 4) is 0 Å². The third-order valence-corrected chi connectivity index (χ3v) is 8.91. The van der Waals surface area contributed by atoms with E-state index in [1.165, 1.54) is 116 Å². The maximum absolute atomic E-state index is 12.5. The van der Waals surface area contributed by atoms with E-state index in [0.717, 1.165) is 38.5 Å². The molecule has 0 aromatic carbocycles. The first-order valence-corrected chi connectivity index (χ1v) is 19.1. The molecular formula is C38H68O8. The first-order chi connectivity index (χ1) is 22.4. The molecule has 1 heterocycles. The third-order valence-electron chi connectivity index (χ3n) is 8.91. The van der Waals surface area contributed by atoms with Crippen LogP contribution < -0.4 is 0 Å². The van der Waals surface area contributed by atoms with Gasteiger partial charge in [0.05, 0.1) is 6.61 Å². The van der Waals surface area contributed by atoms with E-state index in [1.54, 1.807) is 0 Å². The highest BCUT2D eigenvalue weighted by atomic mass is 16.6. The first kappa shape index (κ1) is 41.9. The van der Waals surface area contributed by atoms with Gasteiger partial charge in [0.2, 0.25) is 17.6 Å². The second-order valence-corrected chi connectivity index (χ2v) is 13.2. The summed E-state index contributed by atoms with van der Waals surface area (Å²) >= 11 is 0. The van der Waals surface area contributed by atoms with E-state index in [1.807, 2.05) is 0 Å². The van der Waals surface area contributed by atoms with E-state index < -0.39 is 48.2 Å². The Morgan fingerprint density at radius 2 is 0.957 bits per heavy atom. The van der Waals surface area contributed by atoms with E-state index in [4.69, 9.17) is 14.2 Å². The van der Waals surface area contributed by atoms with Crippen LogP contribution >= 0.6 is 0 Å². The fourth-order valence-electron chi connectivity index (χ4n) is 5.98. The van der Waals surface area contributed by atoms with E-state index in [-0.39, 0.29) is 12.8 Å². The molecule has 0 radical (unpaired) electrons. The number of aliphatic hydroxyl groups excluding tert-OH is 2. The summed E-state index contributed by atoms with van der Waals surface area (Å²) in [5.41, 5.74) is 0. The van der Waals surface area contributed by atoms with Gasteiger partial charge in [-0.15, -0.1) is 0 Å². The lowest BCUT2D eigenvalue weighted by atomic mass is 10.0. The number of hydrogen-bond donors (Lipinski definition) is 2. The van der Waals surface area contributed by atoms with Crippen molar-refractivity contribution in [2.45, 2.75) is 206 Å². The molecular weight excluding hydrogens is 584 g/mol. The van der Waals surface area contributed by atoms with E-state index in [2.05, 4.69) is 13.8 Å². The van der Waals surface area contributed by atoms with Gasteiger partial charge in [-0.2, -0.15) is 0 Å². The molecule has 0 spiro atoms. The van der Waals surface area contributed by atoms with Crippen molar-refractivity contribution in [2.75, 3.05) is 6.61 Å². The van der Waals surface area contributed by atoms with E-state index >= 15 is 0 Å². The van der Waals surface area contributed by atoms with Crippen LogP contribution in [0.15, 0.2) is 11.5 Å². The zero-order chi connectivity index (χ0) is 33.7. The van der Waals surface area contributed by atoms with E-state index in [9.17, 15) is 24.6 Å². The second kappa shape index (κ2) is 29.1. The van der Waals surface area contributed by atoms with Crippen molar-refractivity contribution < 1.29 is 38.8 Å². The van der Waals surface area contributed by atoms with Crippen LogP contribution in [0.1, 0.15) is 194 Å². The maximum Gasteiger partial charge on any atom is 0.378 e. The van der Waals surface area contributed by atoms with Crippen LogP contribution in [0.2, 0.25) is 0 Å². The summed E-state index contributed by atoms with van der Waals surface area (Å²) in [6.45, 7) is 3.84. The molecule has 0 unspecified atom stereocenters. The molecule has 0 saturated heterocycles. The number of esters is 3. The van der Waals surface area contributed by atoms with Gasteiger partial charge < -0.3 is 24.4 Å². The van der Waals surface area contributed by atoms with Crippen LogP contribution in [0, 0.1) is 0 Å². The molecule has 1 aliphatic heterocycles. The monoisotopic (exact) mass is 652 g/mol. The molecule has 46 heavy (non-hydrogen) atoms. The van der Waals surface area contributed by atoms with E-state index in [0.29, 0.717) is 12.8 Å². The highest BCUT2D eigenvalue weighted by Gasteiger charge is 2.44. The van der Waals surface area contributed by atoms with Crippen LogP contribution in [-0.4, -0.2) is 46.9 Å². The van der Waals surface area contributed by atoms with Crippen LogP contribution in [0.4, 0.5) is 0 Å². The Kier molecular flexibility index (Phi) is 26.5. The summed E-state index contributed by atoms with van der Waals surface area (Å²) in [7, 11) is 0. The summed E-state index contributed by atoms with van der Waals surface area (Å²) in [6.07, 6.45) is 28.8. The zero-order valence-corrected chi connectivity index (χ0v) is 29.5. The maximum atomic E-state index is 12.5. The van der Waals surface area contributed by atoms with Crippen molar-refractivity contribution in [3.05, 3.63) is 11.5 Å². The number of aliphatic hydroxyl groups is 2. The van der Waals surface area contributed by atoms with Gasteiger partial charge in [-0.1, -0.05) is 168 Å². The minimum absolute atomic E-state index is 0.137. The molecule has 2 atom stereocenters. The van der Waals surface area contributed by atoms with Crippen molar-refractivity contribution in [1.29, 1.82) is 0 Å². The fourth-order valence-corrected chi connectivity index (χ4v) is 5.98. The molecule has 1 aliphatic rings. The van der Waals surface area contributed by atoms with Crippen LogP contribution in [-0.2, 0) is 28.6 Å². The molecule has 0 aromatic rings. The minimum atomic E-state index is -1.36. The lowest BCUT2D eigenvalue weighted by Crippen LogP contribution is -2.37. The quantitative estimate of drug-likeness (QED) is 0.0419. The minimum Gasteiger partial charge on any atom is -0.499 e. The summed E-state index contributed by atoms with van der Waals surface area (Å²) < 4.78 is 15.8. The first-order valence-electron chi connectivity index (χ1n) is 19.1. The van der Waals surface area contributed by atoms with Crippen molar-refractivity contribution in [3.63, 3.8) is 0 Å². The van der Waals surface area contributed by atoms with Gasteiger partial charge in [0, 0.05) is 12.8 Å². The molecule has 8 nitrogen and oxygen atoms in total. The molecule has 0 amide bonds. The third kappa shape index (κ3) is 20.9. The number of cyclic esters (lactones) is 1. The molecule has 0 bridgehead atoms. The number of carbonyl (C=O) groups excluding carboxylic acids is 3. The predicted octanol–water partition coefficient (Wildman–Crippen LogP) is 10.1. The van der Waals surface area contributed by atoms with Gasteiger partial charge >= 0.3 is 17.9 Å². The van der Waals surface area contributed by atoms with Gasteiger partial charge in [0.25, 0.3) is 0 Å². The lowest BCUT2D eigenvalue weighted by Gasteiger charge is -2.22. The Morgan fingerprint density at radius 1 is 0.609 bits per heavy atom. The SMILES string of the molecule is CCCCCCCCCCCCCCCC(=O)OC1=C(O)C(=O)O[C@@H]1[C@H](CO)OC(=O)CCCCCCCCCCCCCCC. The highest BCUT2D eigenvalue weighted by molar-refractivity contribution is 5.90. The molecule has 1 rings (SSSR count). The summed E-state index contributed by atoms with van der Waals surface area (Å²) in [4.78, 5) is 37.0. The highest BCUT2D eigenvalue weighted by Crippen LogP contribution is 2.27. The molecule has 8 heteroatoms. The van der Waals surface area contributed by atoms with Gasteiger partial charge in [-0.3, -0.25) is 9.59 Å². The molecule has 268 valence electrons. The predicted molar refractivity (Wildman–Crippen MR) is 183 cm³/mol. The van der Waals surface area contributed by atoms with Crippen molar-refractivity contribution in [1.82, 2.24) is 0 Å². The van der Waals surface area contributed by atoms with Crippen LogP contribution in [0.3, 0.4) is 0 Å². The smallest absolute Gasteiger partial charge is 0.378 e. The molecule has 0 fully saturated rings. The Bertz CT molecular complexity index is 824. The standard InChI is InChI=1S/C38H68O8/c1-3-5-7-9-11-13-15-17-19-21-23-25-27-29-33(40)44-32(31-39)36-37(35(42)38(43)46-36)45-34(41)30-28-26-24-22-20-18-16-14-12-10-8-6-4-2/h32,36,39,42H,3-31H2,1-2H3/t32-,36+/m0/s1. The van der Waals surface area contributed by atoms with Crippen LogP contribution in [0.25, 0.3) is 0 Å². The Balaban J connectivity index is 2.21. The zero-order valence-electron chi connectivity index (χ0n) is 29.5. The Hall–Kier alpha value is -2.09. The summed E-state index contributed by atoms with van der Waals surface area (Å²) in [5.74, 6) is -3.41.